The molecule has 0 rings (SSSR count). The largest absolute Gasteiger partial charge is 1.00 e. The van der Waals surface area contributed by atoms with Crippen molar-refractivity contribution in [2.45, 2.75) is 27.7 Å². The van der Waals surface area contributed by atoms with E-state index in [2.05, 4.69) is 64.2 Å². The van der Waals surface area contributed by atoms with Gasteiger partial charge in [-0.05, 0) is 0 Å². The normalized spacial score (nSPS) is 13.1. The fourth-order valence-electron chi connectivity index (χ4n) is 0.875. The van der Waals surface area contributed by atoms with Crippen molar-refractivity contribution in [2.24, 2.45) is 0 Å². The first-order chi connectivity index (χ1) is 6.20. The Morgan fingerprint density at radius 1 is 0.929 bits per heavy atom. The minimum atomic E-state index is -0.651. The summed E-state index contributed by atoms with van der Waals surface area (Å²) in [6, 6.07) is 0. The molecule has 0 amide bonds. The SMILES string of the molecule is CC=CC=[C](C)[Hf+2][C](C)=CC=CC.[Cl-].[H-]. The molecule has 0 aliphatic rings. The smallest absolute Gasteiger partial charge is 1.00 e. The molecule has 0 spiro atoms. The third-order valence-corrected chi connectivity index (χ3v) is 5.50. The Hall–Kier alpha value is 0.120. The second-order valence-corrected chi connectivity index (χ2v) is 9.44. The average Bonchev–Trinajstić information content (AvgIpc) is 2.11. The Balaban J connectivity index is -0.000000720. The maximum Gasteiger partial charge on any atom is -1.00 e. The van der Waals surface area contributed by atoms with Gasteiger partial charge in [0.2, 0.25) is 0 Å². The van der Waals surface area contributed by atoms with Gasteiger partial charge in [-0.1, -0.05) is 0 Å². The summed E-state index contributed by atoms with van der Waals surface area (Å²) in [5.41, 5.74) is 0. The summed E-state index contributed by atoms with van der Waals surface area (Å²) in [7, 11) is 0. The van der Waals surface area contributed by atoms with Crippen LogP contribution in [0.3, 0.4) is 0 Å². The van der Waals surface area contributed by atoms with Crippen molar-refractivity contribution in [3.05, 3.63) is 43.1 Å². The van der Waals surface area contributed by atoms with Crippen LogP contribution >= 0.6 is 0 Å². The molecule has 78 valence electrons. The van der Waals surface area contributed by atoms with E-state index in [1.165, 1.54) is 0 Å². The fraction of sp³-hybridized carbons (Fsp3) is 0.333. The third kappa shape index (κ3) is 10.2. The third-order valence-electron chi connectivity index (χ3n) is 1.47. The van der Waals surface area contributed by atoms with Gasteiger partial charge in [0.15, 0.2) is 0 Å². The van der Waals surface area contributed by atoms with Gasteiger partial charge in [-0.3, -0.25) is 0 Å². The van der Waals surface area contributed by atoms with Gasteiger partial charge >= 0.3 is 93.7 Å². The topological polar surface area (TPSA) is 0 Å². The second kappa shape index (κ2) is 11.2. The average molecular weight is 377 g/mol. The van der Waals surface area contributed by atoms with E-state index in [1.54, 1.807) is 6.66 Å². The minimum Gasteiger partial charge on any atom is -1.00 e. The van der Waals surface area contributed by atoms with Crippen LogP contribution in [-0.2, 0) is 22.9 Å². The number of halogens is 1. The summed E-state index contributed by atoms with van der Waals surface area (Å²) in [4.78, 5) is 0. The van der Waals surface area contributed by atoms with Crippen LogP contribution in [0.25, 0.3) is 0 Å². The summed E-state index contributed by atoms with van der Waals surface area (Å²) in [5.74, 6) is 0. The van der Waals surface area contributed by atoms with Gasteiger partial charge in [0.25, 0.3) is 0 Å². The molecule has 0 N–H and O–H groups in total. The van der Waals surface area contributed by atoms with Gasteiger partial charge in [0, 0.05) is 0 Å². The van der Waals surface area contributed by atoms with Gasteiger partial charge in [-0.2, -0.15) is 0 Å². The Morgan fingerprint density at radius 3 is 1.57 bits per heavy atom. The predicted octanol–water partition coefficient (Wildman–Crippen LogP) is 1.15. The van der Waals surface area contributed by atoms with Crippen LogP contribution in [0.5, 0.6) is 0 Å². The standard InChI is InChI=1S/2C6H9.ClH.Hf.H/c2*1-3-5-6-4-2;;;/h2*3,5-6H,1-2H3;1H;;/q;;;+2;-1/p-1. The summed E-state index contributed by atoms with van der Waals surface area (Å²) < 4.78 is 3.19. The first-order valence-electron chi connectivity index (χ1n) is 4.57. The number of hydrogen-bond acceptors (Lipinski definition) is 0. The molecule has 0 nitrogen and oxygen atoms in total. The van der Waals surface area contributed by atoms with Crippen molar-refractivity contribution in [1.82, 2.24) is 0 Å². The molecule has 2 heteroatoms. The first kappa shape index (κ1) is 16.5. The van der Waals surface area contributed by atoms with E-state index >= 15 is 0 Å². The molecule has 0 aliphatic carbocycles. The van der Waals surface area contributed by atoms with Crippen molar-refractivity contribution in [1.29, 1.82) is 0 Å². The van der Waals surface area contributed by atoms with Gasteiger partial charge < -0.3 is 13.8 Å². The molecule has 0 atom stereocenters. The second-order valence-electron chi connectivity index (χ2n) is 2.88. The van der Waals surface area contributed by atoms with Crippen molar-refractivity contribution in [3.63, 3.8) is 0 Å². The van der Waals surface area contributed by atoms with E-state index in [-0.39, 0.29) is 13.8 Å². The van der Waals surface area contributed by atoms with E-state index in [1.807, 2.05) is 0 Å². The van der Waals surface area contributed by atoms with Gasteiger partial charge in [0.1, 0.15) is 0 Å². The Morgan fingerprint density at radius 2 is 1.29 bits per heavy atom. The fourth-order valence-corrected chi connectivity index (χ4v) is 4.40. The quantitative estimate of drug-likeness (QED) is 0.510. The van der Waals surface area contributed by atoms with Crippen LogP contribution in [-0.4, -0.2) is 0 Å². The summed E-state index contributed by atoms with van der Waals surface area (Å²) in [5, 5.41) is 0. The maximum atomic E-state index is 2.25. The van der Waals surface area contributed by atoms with Gasteiger partial charge in [-0.25, -0.2) is 0 Å². The van der Waals surface area contributed by atoms with E-state index in [9.17, 15) is 0 Å². The van der Waals surface area contributed by atoms with Crippen LogP contribution in [0.2, 0.25) is 0 Å². The molecular weight excluding hydrogens is 358 g/mol. The zero-order chi connectivity index (χ0) is 10.1. The van der Waals surface area contributed by atoms with Crippen molar-refractivity contribution in [2.75, 3.05) is 0 Å². The van der Waals surface area contributed by atoms with Crippen molar-refractivity contribution in [3.8, 4) is 0 Å². The molecular formula is C12H19ClHf. The van der Waals surface area contributed by atoms with Gasteiger partial charge in [-0.15, -0.1) is 0 Å². The number of allylic oxidation sites excluding steroid dienone is 8. The summed E-state index contributed by atoms with van der Waals surface area (Å²) in [6.45, 7) is 8.60. The number of rotatable bonds is 4. The van der Waals surface area contributed by atoms with Crippen LogP contribution in [0.1, 0.15) is 29.1 Å². The van der Waals surface area contributed by atoms with Crippen molar-refractivity contribution < 1.29 is 36.7 Å². The molecule has 0 aromatic rings. The van der Waals surface area contributed by atoms with Crippen molar-refractivity contribution >= 4 is 0 Å². The molecule has 14 heavy (non-hydrogen) atoms. The molecule has 0 unspecified atom stereocenters. The Labute approximate surface area is 107 Å². The Bertz CT molecular complexity index is 226. The van der Waals surface area contributed by atoms with E-state index in [0.717, 1.165) is 0 Å². The van der Waals surface area contributed by atoms with E-state index < -0.39 is 22.9 Å². The molecule has 0 fully saturated rings. The molecule has 0 aliphatic heterocycles. The van der Waals surface area contributed by atoms with E-state index in [4.69, 9.17) is 0 Å². The molecule has 0 saturated heterocycles. The van der Waals surface area contributed by atoms with Crippen LogP contribution < -0.4 is 12.4 Å². The number of hydrogen-bond donors (Lipinski definition) is 0. The van der Waals surface area contributed by atoms with Crippen LogP contribution in [0, 0.1) is 0 Å². The molecule has 0 heterocycles. The van der Waals surface area contributed by atoms with Gasteiger partial charge in [0.05, 0.1) is 0 Å². The maximum absolute atomic E-state index is 2.25. The molecule has 0 bridgehead atoms. The zero-order valence-electron chi connectivity index (χ0n) is 10.3. The summed E-state index contributed by atoms with van der Waals surface area (Å²) in [6.07, 6.45) is 12.9. The van der Waals surface area contributed by atoms with Crippen LogP contribution in [0.4, 0.5) is 0 Å². The summed E-state index contributed by atoms with van der Waals surface area (Å²) >= 11 is -0.651. The monoisotopic (exact) mass is 378 g/mol. The molecule has 0 aromatic carbocycles. The van der Waals surface area contributed by atoms with E-state index in [0.29, 0.717) is 0 Å². The predicted molar refractivity (Wildman–Crippen MR) is 58.3 cm³/mol. The molecule has 0 radical (unpaired) electrons. The molecule has 0 aromatic heterocycles. The Kier molecular flexibility index (Phi) is 13.2. The zero-order valence-corrected chi connectivity index (χ0v) is 13.7. The minimum absolute atomic E-state index is 0. The first-order valence-corrected chi connectivity index (χ1v) is 8.16. The molecule has 0 saturated carbocycles. The van der Waals surface area contributed by atoms with Crippen LogP contribution in [0.15, 0.2) is 43.1 Å².